The highest BCUT2D eigenvalue weighted by Crippen LogP contribution is 2.30. The minimum Gasteiger partial charge on any atom is -0.495 e. The summed E-state index contributed by atoms with van der Waals surface area (Å²) < 4.78 is 18.6. The third kappa shape index (κ3) is 4.93. The van der Waals surface area contributed by atoms with Crippen molar-refractivity contribution in [3.8, 4) is 5.75 Å². The maximum Gasteiger partial charge on any atom is 0.313 e. The van der Waals surface area contributed by atoms with Crippen molar-refractivity contribution in [3.05, 3.63) is 58.4 Å². The lowest BCUT2D eigenvalue weighted by Crippen LogP contribution is -2.36. The van der Waals surface area contributed by atoms with Gasteiger partial charge in [-0.2, -0.15) is 0 Å². The van der Waals surface area contributed by atoms with E-state index >= 15 is 0 Å². The van der Waals surface area contributed by atoms with Gasteiger partial charge < -0.3 is 15.4 Å². The van der Waals surface area contributed by atoms with Gasteiger partial charge in [0.2, 0.25) is 0 Å². The zero-order chi connectivity index (χ0) is 18.4. The van der Waals surface area contributed by atoms with E-state index in [0.29, 0.717) is 22.0 Å². The van der Waals surface area contributed by atoms with Gasteiger partial charge in [0.1, 0.15) is 11.6 Å². The number of carbonyl (C=O) groups excluding carboxylic acids is 2. The Labute approximate surface area is 150 Å². The van der Waals surface area contributed by atoms with Crippen LogP contribution in [0, 0.1) is 12.7 Å². The number of benzene rings is 2. The largest absolute Gasteiger partial charge is 0.495 e. The molecule has 7 heteroatoms. The number of nitrogens with one attached hydrogen (secondary N) is 2. The van der Waals surface area contributed by atoms with Crippen LogP contribution in [0.1, 0.15) is 11.1 Å². The molecular weight excluding hydrogens is 347 g/mol. The lowest BCUT2D eigenvalue weighted by atomic mass is 10.1. The minimum absolute atomic E-state index is 0.143. The molecule has 0 aliphatic carbocycles. The molecule has 0 atom stereocenters. The quantitative estimate of drug-likeness (QED) is 0.801. The number of aryl methyl sites for hydroxylation is 1. The smallest absolute Gasteiger partial charge is 0.313 e. The fourth-order valence-electron chi connectivity index (χ4n) is 2.20. The number of methoxy groups -OCH3 is 1. The molecule has 5 nitrogen and oxygen atoms in total. The van der Waals surface area contributed by atoms with Gasteiger partial charge in [-0.05, 0) is 36.6 Å². The lowest BCUT2D eigenvalue weighted by molar-refractivity contribution is -0.136. The maximum atomic E-state index is 13.5. The Kier molecular flexibility index (Phi) is 6.36. The van der Waals surface area contributed by atoms with Crippen LogP contribution < -0.4 is 15.4 Å². The molecule has 2 N–H and O–H groups in total. The van der Waals surface area contributed by atoms with Crippen molar-refractivity contribution in [1.29, 1.82) is 0 Å². The molecule has 132 valence electrons. The number of anilines is 1. The predicted molar refractivity (Wildman–Crippen MR) is 94.5 cm³/mol. The summed E-state index contributed by atoms with van der Waals surface area (Å²) in [6.45, 7) is 1.91. The molecule has 0 aromatic heterocycles. The van der Waals surface area contributed by atoms with Crippen LogP contribution in [0.15, 0.2) is 36.4 Å². The van der Waals surface area contributed by atoms with Gasteiger partial charge in [-0.1, -0.05) is 29.8 Å². The van der Waals surface area contributed by atoms with Crippen LogP contribution in [0.5, 0.6) is 5.75 Å². The van der Waals surface area contributed by atoms with E-state index < -0.39 is 11.8 Å². The second kappa shape index (κ2) is 8.48. The van der Waals surface area contributed by atoms with Gasteiger partial charge in [0.25, 0.3) is 0 Å². The molecular formula is C18H18ClFN2O3. The Hall–Kier alpha value is -2.60. The van der Waals surface area contributed by atoms with Gasteiger partial charge in [-0.15, -0.1) is 0 Å². The molecule has 0 spiro atoms. The molecule has 0 aliphatic rings. The van der Waals surface area contributed by atoms with Crippen LogP contribution in [-0.4, -0.2) is 25.5 Å². The Balaban J connectivity index is 1.94. The number of carbonyl (C=O) groups is 2. The van der Waals surface area contributed by atoms with E-state index in [4.69, 9.17) is 16.3 Å². The first-order valence-corrected chi connectivity index (χ1v) is 7.97. The molecule has 2 aromatic carbocycles. The number of ether oxygens (including phenoxy) is 1. The summed E-state index contributed by atoms with van der Waals surface area (Å²) in [6.07, 6.45) is 0.287. The van der Waals surface area contributed by atoms with Crippen LogP contribution >= 0.6 is 11.6 Å². The highest BCUT2D eigenvalue weighted by Gasteiger charge is 2.16. The monoisotopic (exact) mass is 364 g/mol. The van der Waals surface area contributed by atoms with Crippen LogP contribution in [0.3, 0.4) is 0 Å². The third-order valence-electron chi connectivity index (χ3n) is 3.57. The minimum atomic E-state index is -0.839. The molecule has 0 saturated carbocycles. The summed E-state index contributed by atoms with van der Waals surface area (Å²) in [5.41, 5.74) is 1.55. The molecule has 25 heavy (non-hydrogen) atoms. The highest BCUT2D eigenvalue weighted by atomic mass is 35.5. The van der Waals surface area contributed by atoms with Crippen LogP contribution in [-0.2, 0) is 16.0 Å². The van der Waals surface area contributed by atoms with E-state index in [9.17, 15) is 14.0 Å². The number of amides is 2. The summed E-state index contributed by atoms with van der Waals surface area (Å²) in [4.78, 5) is 23.9. The molecule has 2 amide bonds. The highest BCUT2D eigenvalue weighted by molar-refractivity contribution is 6.40. The third-order valence-corrected chi connectivity index (χ3v) is 3.98. The maximum absolute atomic E-state index is 13.5. The number of halogens is 2. The first kappa shape index (κ1) is 18.7. The Morgan fingerprint density at radius 1 is 1.20 bits per heavy atom. The lowest BCUT2D eigenvalue weighted by Gasteiger charge is -2.12. The van der Waals surface area contributed by atoms with Gasteiger partial charge in [0.15, 0.2) is 0 Å². The molecule has 0 radical (unpaired) electrons. The first-order valence-electron chi connectivity index (χ1n) is 7.59. The van der Waals surface area contributed by atoms with E-state index in [1.54, 1.807) is 37.3 Å². The van der Waals surface area contributed by atoms with Gasteiger partial charge >= 0.3 is 11.8 Å². The summed E-state index contributed by atoms with van der Waals surface area (Å²) in [6, 6.07) is 9.45. The Morgan fingerprint density at radius 2 is 1.92 bits per heavy atom. The summed E-state index contributed by atoms with van der Waals surface area (Å²) in [7, 11) is 1.44. The second-order valence-electron chi connectivity index (χ2n) is 5.35. The van der Waals surface area contributed by atoms with Crippen molar-refractivity contribution in [1.82, 2.24) is 5.32 Å². The van der Waals surface area contributed by atoms with E-state index in [1.165, 1.54) is 13.2 Å². The summed E-state index contributed by atoms with van der Waals surface area (Å²) >= 11 is 6.00. The fraction of sp³-hybridized carbons (Fsp3) is 0.222. The van der Waals surface area contributed by atoms with Crippen LogP contribution in [0.4, 0.5) is 10.1 Å². The molecule has 0 fully saturated rings. The van der Waals surface area contributed by atoms with Crippen molar-refractivity contribution in [2.75, 3.05) is 19.0 Å². The zero-order valence-corrected chi connectivity index (χ0v) is 14.6. The van der Waals surface area contributed by atoms with Gasteiger partial charge in [-0.3, -0.25) is 9.59 Å². The summed E-state index contributed by atoms with van der Waals surface area (Å²) in [5.74, 6) is -1.65. The van der Waals surface area contributed by atoms with Gasteiger partial charge in [0, 0.05) is 17.6 Å². The standard InChI is InChI=1S/C18H18ClFN2O3/c1-11-9-15(16(25-2)10-13(11)19)22-18(24)17(23)21-8-7-12-5-3-4-6-14(12)20/h3-6,9-10H,7-8H2,1-2H3,(H,21,23)(H,22,24). The van der Waals surface area contributed by atoms with E-state index in [1.807, 2.05) is 0 Å². The second-order valence-corrected chi connectivity index (χ2v) is 5.76. The molecule has 2 rings (SSSR count). The SMILES string of the molecule is COc1cc(Cl)c(C)cc1NC(=O)C(=O)NCCc1ccccc1F. The van der Waals surface area contributed by atoms with E-state index in [0.717, 1.165) is 5.56 Å². The van der Waals surface area contributed by atoms with Crippen molar-refractivity contribution >= 4 is 29.1 Å². The van der Waals surface area contributed by atoms with Crippen molar-refractivity contribution in [2.24, 2.45) is 0 Å². The van der Waals surface area contributed by atoms with Crippen molar-refractivity contribution in [3.63, 3.8) is 0 Å². The normalized spacial score (nSPS) is 10.2. The predicted octanol–water partition coefficient (Wildman–Crippen LogP) is 3.09. The Bertz CT molecular complexity index is 796. The Morgan fingerprint density at radius 3 is 2.60 bits per heavy atom. The molecule has 0 heterocycles. The van der Waals surface area contributed by atoms with Crippen molar-refractivity contribution in [2.45, 2.75) is 13.3 Å². The molecule has 0 bridgehead atoms. The van der Waals surface area contributed by atoms with Gasteiger partial charge in [-0.25, -0.2) is 4.39 Å². The van der Waals surface area contributed by atoms with E-state index in [2.05, 4.69) is 10.6 Å². The first-order chi connectivity index (χ1) is 11.9. The average molecular weight is 365 g/mol. The number of hydrogen-bond acceptors (Lipinski definition) is 3. The van der Waals surface area contributed by atoms with E-state index in [-0.39, 0.29) is 18.8 Å². The molecule has 0 aliphatic heterocycles. The topological polar surface area (TPSA) is 67.4 Å². The average Bonchev–Trinajstić information content (AvgIpc) is 2.59. The molecule has 0 unspecified atom stereocenters. The number of rotatable bonds is 5. The molecule has 0 saturated heterocycles. The molecule has 2 aromatic rings. The number of hydrogen-bond donors (Lipinski definition) is 2. The van der Waals surface area contributed by atoms with Crippen molar-refractivity contribution < 1.29 is 18.7 Å². The zero-order valence-electron chi connectivity index (χ0n) is 13.9. The van der Waals surface area contributed by atoms with Gasteiger partial charge in [0.05, 0.1) is 12.8 Å². The van der Waals surface area contributed by atoms with Crippen LogP contribution in [0.2, 0.25) is 5.02 Å². The fourth-order valence-corrected chi connectivity index (χ4v) is 2.35. The van der Waals surface area contributed by atoms with Crippen LogP contribution in [0.25, 0.3) is 0 Å². The summed E-state index contributed by atoms with van der Waals surface area (Å²) in [5, 5.41) is 5.43.